The molecule has 0 fully saturated rings. The molecular formula is C23H25N5O8. The largest absolute Gasteiger partial charge is 0.493 e. The standard InChI is InChI=1S/C23H25N5O8/c1-26(19-20(24)27(23(31)25-21(19)29)13-14-7-5-4-6-8-14)22(30)15-11-17(35-3)18(36-10-9-34-2)12-16(15)28(32)33/h4-8,11-12H,9-10,13,24H2,1-3H3,(H,25,29,31). The lowest BCUT2D eigenvalue weighted by atomic mass is 10.1. The zero-order valence-electron chi connectivity index (χ0n) is 19.8. The summed E-state index contributed by atoms with van der Waals surface area (Å²) in [4.78, 5) is 52.5. The molecule has 3 N–H and O–H groups in total. The maximum Gasteiger partial charge on any atom is 0.330 e. The van der Waals surface area contributed by atoms with Crippen LogP contribution in [-0.2, 0) is 11.3 Å². The zero-order valence-corrected chi connectivity index (χ0v) is 19.8. The molecule has 0 radical (unpaired) electrons. The van der Waals surface area contributed by atoms with Crippen LogP contribution in [0.4, 0.5) is 17.2 Å². The molecule has 13 nitrogen and oxygen atoms in total. The number of carbonyl (C=O) groups is 1. The number of nitrogens with one attached hydrogen (secondary N) is 1. The van der Waals surface area contributed by atoms with Gasteiger partial charge < -0.3 is 24.8 Å². The quantitative estimate of drug-likeness (QED) is 0.237. The molecule has 0 bridgehead atoms. The number of benzene rings is 2. The number of hydrogen-bond acceptors (Lipinski definition) is 9. The monoisotopic (exact) mass is 499 g/mol. The van der Waals surface area contributed by atoms with Crippen LogP contribution in [0.1, 0.15) is 15.9 Å². The summed E-state index contributed by atoms with van der Waals surface area (Å²) in [7, 11) is 4.00. The molecule has 36 heavy (non-hydrogen) atoms. The zero-order chi connectivity index (χ0) is 26.4. The lowest BCUT2D eigenvalue weighted by Gasteiger charge is -2.21. The number of H-pyrrole nitrogens is 1. The highest BCUT2D eigenvalue weighted by Crippen LogP contribution is 2.36. The molecule has 3 aromatic rings. The highest BCUT2D eigenvalue weighted by molar-refractivity contribution is 6.09. The molecule has 190 valence electrons. The number of methoxy groups -OCH3 is 2. The van der Waals surface area contributed by atoms with E-state index >= 15 is 0 Å². The Morgan fingerprint density at radius 1 is 1.14 bits per heavy atom. The van der Waals surface area contributed by atoms with Crippen LogP contribution in [0.3, 0.4) is 0 Å². The summed E-state index contributed by atoms with van der Waals surface area (Å²) in [5, 5.41) is 11.8. The molecular weight excluding hydrogens is 474 g/mol. The van der Waals surface area contributed by atoms with Gasteiger partial charge in [-0.1, -0.05) is 30.3 Å². The number of aromatic nitrogens is 2. The molecule has 1 amide bonds. The second-order valence-electron chi connectivity index (χ2n) is 7.55. The highest BCUT2D eigenvalue weighted by Gasteiger charge is 2.30. The van der Waals surface area contributed by atoms with Gasteiger partial charge in [-0.3, -0.25) is 29.3 Å². The molecule has 0 spiro atoms. The van der Waals surface area contributed by atoms with Gasteiger partial charge in [0.15, 0.2) is 17.2 Å². The van der Waals surface area contributed by atoms with Crippen LogP contribution in [0.15, 0.2) is 52.1 Å². The van der Waals surface area contributed by atoms with Gasteiger partial charge in [0.25, 0.3) is 17.2 Å². The van der Waals surface area contributed by atoms with Gasteiger partial charge in [-0.15, -0.1) is 0 Å². The number of carbonyl (C=O) groups excluding carboxylic acids is 1. The minimum Gasteiger partial charge on any atom is -0.493 e. The summed E-state index contributed by atoms with van der Waals surface area (Å²) >= 11 is 0. The van der Waals surface area contributed by atoms with Crippen molar-refractivity contribution in [2.24, 2.45) is 0 Å². The number of ether oxygens (including phenoxy) is 3. The fourth-order valence-corrected chi connectivity index (χ4v) is 3.49. The van der Waals surface area contributed by atoms with Crippen LogP contribution < -0.4 is 31.4 Å². The number of nitrogens with zero attached hydrogens (tertiary/aromatic N) is 3. The Kier molecular flexibility index (Phi) is 8.07. The Labute approximate surface area is 204 Å². The molecule has 1 heterocycles. The van der Waals surface area contributed by atoms with Gasteiger partial charge >= 0.3 is 5.69 Å². The minimum atomic E-state index is -0.925. The average Bonchev–Trinajstić information content (AvgIpc) is 2.86. The summed E-state index contributed by atoms with van der Waals surface area (Å²) < 4.78 is 16.7. The van der Waals surface area contributed by atoms with E-state index in [0.29, 0.717) is 0 Å². The third kappa shape index (κ3) is 5.36. The number of nitrogen functional groups attached to an aromatic ring is 1. The van der Waals surface area contributed by atoms with Crippen LogP contribution in [0.25, 0.3) is 0 Å². The maximum absolute atomic E-state index is 13.4. The van der Waals surface area contributed by atoms with E-state index in [4.69, 9.17) is 19.9 Å². The van der Waals surface area contributed by atoms with Crippen molar-refractivity contribution in [3.63, 3.8) is 0 Å². The predicted octanol–water partition coefficient (Wildman–Crippen LogP) is 1.39. The Bertz CT molecular complexity index is 1380. The minimum absolute atomic E-state index is 0.0266. The summed E-state index contributed by atoms with van der Waals surface area (Å²) in [5.41, 5.74) is 3.89. The lowest BCUT2D eigenvalue weighted by molar-refractivity contribution is -0.385. The molecule has 2 aromatic carbocycles. The first-order chi connectivity index (χ1) is 17.2. The summed E-state index contributed by atoms with van der Waals surface area (Å²) in [6.45, 7) is 0.339. The molecule has 0 aliphatic heterocycles. The normalized spacial score (nSPS) is 10.6. The number of rotatable bonds is 10. The molecule has 3 rings (SSSR count). The Morgan fingerprint density at radius 2 is 1.83 bits per heavy atom. The van der Waals surface area contributed by atoms with Gasteiger partial charge in [-0.2, -0.15) is 0 Å². The summed E-state index contributed by atoms with van der Waals surface area (Å²) in [6.07, 6.45) is 0. The van der Waals surface area contributed by atoms with E-state index in [1.807, 2.05) is 0 Å². The van der Waals surface area contributed by atoms with Crippen LogP contribution in [0, 0.1) is 10.1 Å². The van der Waals surface area contributed by atoms with E-state index < -0.39 is 27.8 Å². The number of nitro groups is 1. The predicted molar refractivity (Wildman–Crippen MR) is 131 cm³/mol. The first-order valence-electron chi connectivity index (χ1n) is 10.6. The van der Waals surface area contributed by atoms with E-state index in [2.05, 4.69) is 4.98 Å². The fourth-order valence-electron chi connectivity index (χ4n) is 3.49. The molecule has 13 heteroatoms. The van der Waals surface area contributed by atoms with Gasteiger partial charge in [0.05, 0.1) is 31.3 Å². The van der Waals surface area contributed by atoms with E-state index in [0.717, 1.165) is 27.2 Å². The van der Waals surface area contributed by atoms with E-state index in [-0.39, 0.29) is 48.3 Å². The second kappa shape index (κ2) is 11.2. The number of anilines is 2. The van der Waals surface area contributed by atoms with Crippen molar-refractivity contribution in [2.75, 3.05) is 45.1 Å². The van der Waals surface area contributed by atoms with E-state index in [1.165, 1.54) is 21.3 Å². The Balaban J connectivity index is 2.07. The summed E-state index contributed by atoms with van der Waals surface area (Å²) in [6, 6.07) is 11.1. The van der Waals surface area contributed by atoms with Crippen molar-refractivity contribution >= 4 is 23.1 Å². The topological polar surface area (TPSA) is 172 Å². The first kappa shape index (κ1) is 26.0. The molecule has 0 aliphatic carbocycles. The van der Waals surface area contributed by atoms with E-state index in [1.54, 1.807) is 30.3 Å². The van der Waals surface area contributed by atoms with Crippen LogP contribution in [0.5, 0.6) is 11.5 Å². The second-order valence-corrected chi connectivity index (χ2v) is 7.55. The van der Waals surface area contributed by atoms with E-state index in [9.17, 15) is 24.5 Å². The number of hydrogen-bond donors (Lipinski definition) is 2. The first-order valence-corrected chi connectivity index (χ1v) is 10.6. The van der Waals surface area contributed by atoms with Gasteiger partial charge in [-0.05, 0) is 5.56 Å². The highest BCUT2D eigenvalue weighted by atomic mass is 16.6. The van der Waals surface area contributed by atoms with Gasteiger partial charge in [0, 0.05) is 20.2 Å². The van der Waals surface area contributed by atoms with Crippen LogP contribution in [0.2, 0.25) is 0 Å². The fraction of sp³-hybridized carbons (Fsp3) is 0.261. The number of nitrogens with two attached hydrogens (primary N) is 1. The van der Waals surface area contributed by atoms with Crippen molar-refractivity contribution in [2.45, 2.75) is 6.54 Å². The van der Waals surface area contributed by atoms with Gasteiger partial charge in [0.2, 0.25) is 0 Å². The Hall–Kier alpha value is -4.65. The molecule has 1 aromatic heterocycles. The third-order valence-corrected chi connectivity index (χ3v) is 5.29. The smallest absolute Gasteiger partial charge is 0.330 e. The molecule has 0 unspecified atom stereocenters. The molecule has 0 saturated carbocycles. The average molecular weight is 499 g/mol. The Morgan fingerprint density at radius 3 is 2.44 bits per heavy atom. The van der Waals surface area contributed by atoms with Crippen molar-refractivity contribution < 1.29 is 23.9 Å². The molecule has 0 saturated heterocycles. The molecule has 0 atom stereocenters. The van der Waals surface area contributed by atoms with Crippen LogP contribution in [-0.4, -0.2) is 54.9 Å². The number of nitro benzene ring substituents is 1. The van der Waals surface area contributed by atoms with Crippen LogP contribution >= 0.6 is 0 Å². The van der Waals surface area contributed by atoms with Gasteiger partial charge in [0.1, 0.15) is 18.0 Å². The van der Waals surface area contributed by atoms with Crippen molar-refractivity contribution in [1.29, 1.82) is 0 Å². The third-order valence-electron chi connectivity index (χ3n) is 5.29. The van der Waals surface area contributed by atoms with Crippen molar-refractivity contribution in [1.82, 2.24) is 9.55 Å². The SMILES string of the molecule is COCCOc1cc([N+](=O)[O-])c(C(=O)N(C)c2c(N)n(Cc3ccccc3)c(=O)[nH]c2=O)cc1OC. The summed E-state index contributed by atoms with van der Waals surface area (Å²) in [5.74, 6) is -1.11. The number of aromatic amines is 1. The molecule has 0 aliphatic rings. The number of amides is 1. The lowest BCUT2D eigenvalue weighted by Crippen LogP contribution is -2.39. The van der Waals surface area contributed by atoms with Crippen molar-refractivity contribution in [3.05, 3.63) is 84.5 Å². The van der Waals surface area contributed by atoms with Crippen molar-refractivity contribution in [3.8, 4) is 11.5 Å². The maximum atomic E-state index is 13.4. The van der Waals surface area contributed by atoms with Gasteiger partial charge in [-0.25, -0.2) is 4.79 Å².